The number of nitrogens with one attached hydrogen (secondary N) is 1. The number of non-ortho nitro benzene ring substituents is 1. The van der Waals surface area contributed by atoms with E-state index in [0.717, 1.165) is 0 Å². The van der Waals surface area contributed by atoms with Gasteiger partial charge in [0.1, 0.15) is 17.3 Å². The first kappa shape index (κ1) is 14.0. The van der Waals surface area contributed by atoms with Crippen LogP contribution >= 0.6 is 15.9 Å². The molecule has 2 aromatic carbocycles. The van der Waals surface area contributed by atoms with Gasteiger partial charge in [0.2, 0.25) is 0 Å². The van der Waals surface area contributed by atoms with Gasteiger partial charge in [0.25, 0.3) is 5.69 Å². The van der Waals surface area contributed by atoms with E-state index >= 15 is 0 Å². The smallest absolute Gasteiger partial charge is 0.273 e. The van der Waals surface area contributed by atoms with Crippen LogP contribution < -0.4 is 10.5 Å². The lowest BCUT2D eigenvalue weighted by molar-refractivity contribution is -0.384. The van der Waals surface area contributed by atoms with Crippen molar-refractivity contribution in [3.63, 3.8) is 0 Å². The molecule has 0 aromatic heterocycles. The van der Waals surface area contributed by atoms with Crippen molar-refractivity contribution < 1.29 is 9.66 Å². The highest BCUT2D eigenvalue weighted by Gasteiger charge is 2.11. The summed E-state index contributed by atoms with van der Waals surface area (Å²) in [4.78, 5) is 10.2. The van der Waals surface area contributed by atoms with Crippen LogP contribution in [0.4, 0.5) is 5.69 Å². The van der Waals surface area contributed by atoms with Gasteiger partial charge in [0, 0.05) is 11.6 Å². The largest absolute Gasteiger partial charge is 0.456 e. The zero-order valence-corrected chi connectivity index (χ0v) is 11.8. The maximum atomic E-state index is 10.7. The van der Waals surface area contributed by atoms with Gasteiger partial charge in [-0.3, -0.25) is 15.5 Å². The lowest BCUT2D eigenvalue weighted by Gasteiger charge is -2.08. The monoisotopic (exact) mass is 335 g/mol. The molecule has 20 heavy (non-hydrogen) atoms. The molecule has 6 nitrogen and oxygen atoms in total. The average Bonchev–Trinajstić information content (AvgIpc) is 2.41. The van der Waals surface area contributed by atoms with Crippen LogP contribution in [0.25, 0.3) is 0 Å². The van der Waals surface area contributed by atoms with Crippen LogP contribution in [0.15, 0.2) is 46.9 Å². The Hall–Kier alpha value is -2.41. The number of rotatable bonds is 4. The summed E-state index contributed by atoms with van der Waals surface area (Å²) in [6.07, 6.45) is 0. The third-order valence-corrected chi connectivity index (χ3v) is 3.17. The number of ether oxygens (including phenoxy) is 1. The predicted octanol–water partition coefficient (Wildman–Crippen LogP) is 3.43. The Morgan fingerprint density at radius 1 is 1.25 bits per heavy atom. The fraction of sp³-hybridized carbons (Fsp3) is 0. The van der Waals surface area contributed by atoms with Crippen LogP contribution in [0.5, 0.6) is 11.5 Å². The number of nitrogen functional groups attached to an aromatic ring is 1. The van der Waals surface area contributed by atoms with Crippen molar-refractivity contribution in [2.24, 2.45) is 5.73 Å². The van der Waals surface area contributed by atoms with E-state index in [2.05, 4.69) is 15.9 Å². The topological polar surface area (TPSA) is 102 Å². The van der Waals surface area contributed by atoms with Crippen LogP contribution in [-0.2, 0) is 0 Å². The summed E-state index contributed by atoms with van der Waals surface area (Å²) >= 11 is 3.27. The van der Waals surface area contributed by atoms with Gasteiger partial charge in [-0.1, -0.05) is 0 Å². The summed E-state index contributed by atoms with van der Waals surface area (Å²) < 4.78 is 6.18. The van der Waals surface area contributed by atoms with E-state index in [9.17, 15) is 10.1 Å². The number of nitro groups is 1. The maximum Gasteiger partial charge on any atom is 0.273 e. The Morgan fingerprint density at radius 2 is 1.90 bits per heavy atom. The summed E-state index contributed by atoms with van der Waals surface area (Å²) in [6.45, 7) is 0. The first-order valence-corrected chi connectivity index (χ1v) is 6.33. The number of hydrogen-bond donors (Lipinski definition) is 2. The summed E-state index contributed by atoms with van der Waals surface area (Å²) in [5.41, 5.74) is 5.88. The molecule has 0 aliphatic carbocycles. The Balaban J connectivity index is 2.27. The van der Waals surface area contributed by atoms with E-state index in [1.807, 2.05) is 0 Å². The summed E-state index contributed by atoms with van der Waals surface area (Å²) in [5, 5.41) is 18.0. The second-order valence-electron chi connectivity index (χ2n) is 3.91. The number of amidine groups is 1. The van der Waals surface area contributed by atoms with Crippen molar-refractivity contribution in [1.29, 1.82) is 5.41 Å². The molecule has 0 saturated heterocycles. The van der Waals surface area contributed by atoms with Crippen molar-refractivity contribution in [1.82, 2.24) is 0 Å². The first-order chi connectivity index (χ1) is 9.47. The Kier molecular flexibility index (Phi) is 3.99. The maximum absolute atomic E-state index is 10.7. The SMILES string of the molecule is N=C(N)c1ccc(Oc2cc([N+](=O)[O-])ccc2Br)cc1. The molecule has 2 rings (SSSR count). The van der Waals surface area contributed by atoms with E-state index in [4.69, 9.17) is 15.9 Å². The zero-order chi connectivity index (χ0) is 14.7. The molecule has 0 amide bonds. The Morgan fingerprint density at radius 3 is 2.45 bits per heavy atom. The van der Waals surface area contributed by atoms with Crippen LogP contribution in [0.1, 0.15) is 5.56 Å². The van der Waals surface area contributed by atoms with Crippen molar-refractivity contribution >= 4 is 27.5 Å². The minimum atomic E-state index is -0.488. The molecule has 0 spiro atoms. The second-order valence-corrected chi connectivity index (χ2v) is 4.77. The van der Waals surface area contributed by atoms with Crippen molar-refractivity contribution in [2.75, 3.05) is 0 Å². The molecule has 0 aliphatic rings. The van der Waals surface area contributed by atoms with E-state index in [0.29, 0.717) is 21.5 Å². The fourth-order valence-electron chi connectivity index (χ4n) is 1.51. The van der Waals surface area contributed by atoms with Crippen LogP contribution in [0, 0.1) is 15.5 Å². The highest BCUT2D eigenvalue weighted by molar-refractivity contribution is 9.10. The van der Waals surface area contributed by atoms with Crippen molar-refractivity contribution in [3.05, 3.63) is 62.6 Å². The summed E-state index contributed by atoms with van der Waals surface area (Å²) in [6, 6.07) is 10.8. The molecule has 0 radical (unpaired) electrons. The van der Waals surface area contributed by atoms with Gasteiger partial charge in [-0.2, -0.15) is 0 Å². The molecule has 0 fully saturated rings. The fourth-order valence-corrected chi connectivity index (χ4v) is 1.84. The van der Waals surface area contributed by atoms with Gasteiger partial charge >= 0.3 is 0 Å². The highest BCUT2D eigenvalue weighted by Crippen LogP contribution is 2.32. The van der Waals surface area contributed by atoms with E-state index < -0.39 is 4.92 Å². The predicted molar refractivity (Wildman–Crippen MR) is 78.3 cm³/mol. The van der Waals surface area contributed by atoms with Crippen LogP contribution in [-0.4, -0.2) is 10.8 Å². The van der Waals surface area contributed by atoms with Crippen molar-refractivity contribution in [3.8, 4) is 11.5 Å². The number of halogens is 1. The highest BCUT2D eigenvalue weighted by atomic mass is 79.9. The van der Waals surface area contributed by atoms with Crippen LogP contribution in [0.2, 0.25) is 0 Å². The lowest BCUT2D eigenvalue weighted by atomic mass is 10.2. The molecule has 0 heterocycles. The van der Waals surface area contributed by atoms with Gasteiger partial charge in [-0.05, 0) is 46.3 Å². The second kappa shape index (κ2) is 5.70. The summed E-state index contributed by atoms with van der Waals surface area (Å²) in [7, 11) is 0. The third-order valence-electron chi connectivity index (χ3n) is 2.52. The first-order valence-electron chi connectivity index (χ1n) is 5.53. The van der Waals surface area contributed by atoms with Gasteiger partial charge in [0.15, 0.2) is 0 Å². The number of benzene rings is 2. The Labute approximate surface area is 123 Å². The molecule has 3 N–H and O–H groups in total. The molecule has 7 heteroatoms. The number of nitrogens with two attached hydrogens (primary N) is 1. The molecule has 0 atom stereocenters. The third kappa shape index (κ3) is 3.12. The average molecular weight is 336 g/mol. The summed E-state index contributed by atoms with van der Waals surface area (Å²) in [5.74, 6) is 0.805. The van der Waals surface area contributed by atoms with Gasteiger partial charge < -0.3 is 10.5 Å². The molecule has 2 aromatic rings. The van der Waals surface area contributed by atoms with Gasteiger partial charge in [-0.15, -0.1) is 0 Å². The zero-order valence-electron chi connectivity index (χ0n) is 10.2. The van der Waals surface area contributed by atoms with E-state index in [1.165, 1.54) is 12.1 Å². The van der Waals surface area contributed by atoms with Gasteiger partial charge in [-0.25, -0.2) is 0 Å². The van der Waals surface area contributed by atoms with Crippen molar-refractivity contribution in [2.45, 2.75) is 0 Å². The van der Waals surface area contributed by atoms with E-state index in [-0.39, 0.29) is 11.5 Å². The molecule has 0 bridgehead atoms. The van der Waals surface area contributed by atoms with Gasteiger partial charge in [0.05, 0.1) is 15.5 Å². The van der Waals surface area contributed by atoms with E-state index in [1.54, 1.807) is 30.3 Å². The number of hydrogen-bond acceptors (Lipinski definition) is 4. The minimum Gasteiger partial charge on any atom is -0.456 e. The number of nitro benzene ring substituents is 1. The normalized spacial score (nSPS) is 10.1. The molecule has 0 unspecified atom stereocenters. The molecule has 0 aliphatic heterocycles. The molecule has 0 saturated carbocycles. The quantitative estimate of drug-likeness (QED) is 0.386. The standard InChI is InChI=1S/C13H10BrN3O3/c14-11-6-3-9(17(18)19)7-12(11)20-10-4-1-8(2-5-10)13(15)16/h1-7H,(H3,15,16). The molecular weight excluding hydrogens is 326 g/mol. The van der Waals surface area contributed by atoms with Crippen LogP contribution in [0.3, 0.4) is 0 Å². The molecule has 102 valence electrons. The number of nitrogens with zero attached hydrogens (tertiary/aromatic N) is 1. The molecular formula is C13H10BrN3O3. The lowest BCUT2D eigenvalue weighted by Crippen LogP contribution is -2.10. The minimum absolute atomic E-state index is 0.0342. The Bertz CT molecular complexity index is 671.